The molecule has 0 aliphatic heterocycles. The molecule has 0 spiro atoms. The minimum absolute atomic E-state index is 0.316. The predicted octanol–water partition coefficient (Wildman–Crippen LogP) is 2.32. The number of hydrogen-bond donors (Lipinski definition) is 0. The molecule has 0 nitrogen and oxygen atoms in total. The molecule has 60 valence electrons. The predicted molar refractivity (Wildman–Crippen MR) is 55.7 cm³/mol. The summed E-state index contributed by atoms with van der Waals surface area (Å²) in [5.41, 5.74) is 1.40. The SMILES string of the molecule is CC(C)([AsH2])c1cccc(Br)c1. The molecule has 1 unspecified atom stereocenters. The van der Waals surface area contributed by atoms with Gasteiger partial charge in [-0.05, 0) is 0 Å². The Morgan fingerprint density at radius 2 is 2.00 bits per heavy atom. The van der Waals surface area contributed by atoms with Crippen LogP contribution in [0.1, 0.15) is 19.4 Å². The topological polar surface area (TPSA) is 0 Å². The van der Waals surface area contributed by atoms with Gasteiger partial charge in [-0.15, -0.1) is 0 Å². The Balaban J connectivity index is 3.06. The first-order chi connectivity index (χ1) is 5.00. The van der Waals surface area contributed by atoms with Crippen LogP contribution in [0.4, 0.5) is 0 Å². The van der Waals surface area contributed by atoms with E-state index in [1.54, 1.807) is 16.9 Å². The van der Waals surface area contributed by atoms with Crippen molar-refractivity contribution in [2.75, 3.05) is 0 Å². The molecule has 0 aromatic heterocycles. The van der Waals surface area contributed by atoms with Gasteiger partial charge in [-0.25, -0.2) is 0 Å². The Bertz CT molecular complexity index is 250. The molecule has 1 aromatic carbocycles. The summed E-state index contributed by atoms with van der Waals surface area (Å²) in [6.07, 6.45) is 0. The van der Waals surface area contributed by atoms with Gasteiger partial charge in [0.05, 0.1) is 0 Å². The zero-order chi connectivity index (χ0) is 8.48. The zero-order valence-electron chi connectivity index (χ0n) is 6.76. The summed E-state index contributed by atoms with van der Waals surface area (Å²) in [5, 5.41) is 0. The molecular formula is C9H12AsBr. The van der Waals surface area contributed by atoms with Crippen molar-refractivity contribution in [2.45, 2.75) is 18.1 Å². The molecule has 2 heteroatoms. The monoisotopic (exact) mass is 274 g/mol. The molecule has 1 aromatic rings. The summed E-state index contributed by atoms with van der Waals surface area (Å²) >= 11 is 5.22. The average molecular weight is 275 g/mol. The summed E-state index contributed by atoms with van der Waals surface area (Å²) in [7, 11) is 0. The average Bonchev–Trinajstić information content (AvgIpc) is 1.86. The van der Waals surface area contributed by atoms with Crippen molar-refractivity contribution >= 4 is 32.8 Å². The zero-order valence-corrected chi connectivity index (χ0v) is 10.8. The van der Waals surface area contributed by atoms with Crippen LogP contribution < -0.4 is 0 Å². The Labute approximate surface area is 85.0 Å². The summed E-state index contributed by atoms with van der Waals surface area (Å²) in [4.78, 5) is 0. The Hall–Kier alpha value is 0.258. The van der Waals surface area contributed by atoms with Crippen LogP contribution >= 0.6 is 15.9 Å². The van der Waals surface area contributed by atoms with Gasteiger partial charge in [-0.2, -0.15) is 0 Å². The Morgan fingerprint density at radius 3 is 2.36 bits per heavy atom. The van der Waals surface area contributed by atoms with Crippen LogP contribution in [0, 0.1) is 0 Å². The van der Waals surface area contributed by atoms with Gasteiger partial charge in [0.15, 0.2) is 0 Å². The van der Waals surface area contributed by atoms with Crippen molar-refractivity contribution in [1.29, 1.82) is 0 Å². The molecule has 11 heavy (non-hydrogen) atoms. The summed E-state index contributed by atoms with van der Waals surface area (Å²) in [6.45, 7) is 4.49. The molecule has 0 amide bonds. The number of benzene rings is 1. The van der Waals surface area contributed by atoms with E-state index in [2.05, 4.69) is 54.0 Å². The van der Waals surface area contributed by atoms with E-state index in [1.807, 2.05) is 0 Å². The molecule has 1 rings (SSSR count). The fraction of sp³-hybridized carbons (Fsp3) is 0.333. The maximum atomic E-state index is 3.46. The molecule has 0 radical (unpaired) electrons. The number of hydrogen-bond acceptors (Lipinski definition) is 0. The number of rotatable bonds is 1. The van der Waals surface area contributed by atoms with E-state index >= 15 is 0 Å². The van der Waals surface area contributed by atoms with Crippen LogP contribution in [0.15, 0.2) is 28.7 Å². The summed E-state index contributed by atoms with van der Waals surface area (Å²) in [5.74, 6) is 0. The molecule has 0 aliphatic carbocycles. The minimum atomic E-state index is 0.316. The van der Waals surface area contributed by atoms with Crippen LogP contribution in [-0.4, -0.2) is 16.9 Å². The van der Waals surface area contributed by atoms with Gasteiger partial charge in [0.25, 0.3) is 0 Å². The third-order valence-electron chi connectivity index (χ3n) is 1.57. The van der Waals surface area contributed by atoms with E-state index < -0.39 is 0 Å². The van der Waals surface area contributed by atoms with E-state index in [0.717, 1.165) is 0 Å². The third kappa shape index (κ3) is 2.65. The molecule has 0 saturated carbocycles. The first-order valence-corrected chi connectivity index (χ1v) is 5.55. The number of halogens is 1. The first kappa shape index (κ1) is 9.35. The molecule has 0 bridgehead atoms. The van der Waals surface area contributed by atoms with Crippen LogP contribution in [0.2, 0.25) is 0 Å². The molecule has 0 aliphatic rings. The van der Waals surface area contributed by atoms with Crippen LogP contribution in [0.5, 0.6) is 0 Å². The third-order valence-corrected chi connectivity index (χ3v) is 2.76. The molecule has 0 fully saturated rings. The maximum absolute atomic E-state index is 3.46. The second-order valence-electron chi connectivity index (χ2n) is 3.23. The van der Waals surface area contributed by atoms with E-state index in [1.165, 1.54) is 10.0 Å². The van der Waals surface area contributed by atoms with Gasteiger partial charge in [0.1, 0.15) is 0 Å². The van der Waals surface area contributed by atoms with Gasteiger partial charge in [0.2, 0.25) is 0 Å². The van der Waals surface area contributed by atoms with E-state index in [4.69, 9.17) is 0 Å². The molecule has 1 atom stereocenters. The second-order valence-corrected chi connectivity index (χ2v) is 7.18. The first-order valence-electron chi connectivity index (χ1n) is 3.55. The van der Waals surface area contributed by atoms with Crippen LogP contribution in [0.25, 0.3) is 0 Å². The fourth-order valence-corrected chi connectivity index (χ4v) is 1.67. The van der Waals surface area contributed by atoms with Crippen molar-refractivity contribution in [2.24, 2.45) is 0 Å². The fourth-order valence-electron chi connectivity index (χ4n) is 0.889. The second kappa shape index (κ2) is 3.33. The molecule has 0 N–H and O–H groups in total. The standard InChI is InChI=1S/C9H12AsBr/c1-9(2,10)7-4-3-5-8(11)6-7/h3-6H,10H2,1-2H3. The molecular weight excluding hydrogens is 263 g/mol. The van der Waals surface area contributed by atoms with Gasteiger partial charge in [-0.1, -0.05) is 0 Å². The van der Waals surface area contributed by atoms with Crippen LogP contribution in [0.3, 0.4) is 0 Å². The van der Waals surface area contributed by atoms with Crippen molar-refractivity contribution in [1.82, 2.24) is 0 Å². The van der Waals surface area contributed by atoms with Gasteiger partial charge in [-0.3, -0.25) is 0 Å². The van der Waals surface area contributed by atoms with Gasteiger partial charge >= 0.3 is 85.1 Å². The van der Waals surface area contributed by atoms with Crippen molar-refractivity contribution in [3.63, 3.8) is 0 Å². The molecule has 0 heterocycles. The van der Waals surface area contributed by atoms with Crippen molar-refractivity contribution in [3.05, 3.63) is 34.3 Å². The Kier molecular flexibility index (Phi) is 2.83. The van der Waals surface area contributed by atoms with E-state index in [0.29, 0.717) is 4.20 Å². The van der Waals surface area contributed by atoms with Gasteiger partial charge in [0, 0.05) is 0 Å². The van der Waals surface area contributed by atoms with Crippen molar-refractivity contribution < 1.29 is 0 Å². The normalized spacial score (nSPS) is 11.6. The van der Waals surface area contributed by atoms with E-state index in [9.17, 15) is 0 Å². The van der Waals surface area contributed by atoms with Crippen molar-refractivity contribution in [3.8, 4) is 0 Å². The van der Waals surface area contributed by atoms with E-state index in [-0.39, 0.29) is 0 Å². The Morgan fingerprint density at radius 1 is 1.36 bits per heavy atom. The van der Waals surface area contributed by atoms with Gasteiger partial charge < -0.3 is 0 Å². The molecule has 0 saturated heterocycles. The van der Waals surface area contributed by atoms with Crippen LogP contribution in [-0.2, 0) is 4.20 Å². The summed E-state index contributed by atoms with van der Waals surface area (Å²) < 4.78 is 1.48. The quantitative estimate of drug-likeness (QED) is 0.690. The summed E-state index contributed by atoms with van der Waals surface area (Å²) in [6, 6.07) is 8.50.